The molecule has 29 heavy (non-hydrogen) atoms. The van der Waals surface area contributed by atoms with Crippen LogP contribution in [0.25, 0.3) is 17.1 Å². The van der Waals surface area contributed by atoms with Crippen LogP contribution in [-0.2, 0) is 4.79 Å². The quantitative estimate of drug-likeness (QED) is 0.565. The van der Waals surface area contributed by atoms with Crippen LogP contribution in [-0.4, -0.2) is 32.0 Å². The van der Waals surface area contributed by atoms with Gasteiger partial charge in [0.05, 0.1) is 10.9 Å². The van der Waals surface area contributed by atoms with Gasteiger partial charge in [0.2, 0.25) is 5.91 Å². The number of halogens is 1. The third-order valence-electron chi connectivity index (χ3n) is 4.90. The molecule has 1 amide bonds. The molecule has 1 N–H and O–H groups in total. The van der Waals surface area contributed by atoms with Gasteiger partial charge >= 0.3 is 0 Å². The molecular weight excluding hydrogens is 404 g/mol. The number of benzene rings is 2. The Morgan fingerprint density at radius 2 is 2.00 bits per heavy atom. The molecule has 1 aliphatic carbocycles. The molecule has 0 spiro atoms. The van der Waals surface area contributed by atoms with Crippen LogP contribution >= 0.6 is 23.4 Å². The highest BCUT2D eigenvalue weighted by Crippen LogP contribution is 2.33. The van der Waals surface area contributed by atoms with E-state index in [0.29, 0.717) is 22.0 Å². The van der Waals surface area contributed by atoms with Gasteiger partial charge < -0.3 is 5.32 Å². The number of nitrogens with zero attached hydrogens (tertiary/aromatic N) is 3. The van der Waals surface area contributed by atoms with E-state index in [4.69, 9.17) is 11.6 Å². The molecule has 4 rings (SSSR count). The average Bonchev–Trinajstić information content (AvgIpc) is 3.41. The first-order valence-corrected chi connectivity index (χ1v) is 10.9. The largest absolute Gasteiger partial charge is 0.352 e. The van der Waals surface area contributed by atoms with E-state index < -0.39 is 0 Å². The maximum Gasteiger partial charge on any atom is 0.233 e. The molecular formula is C22H23ClN4OS. The van der Waals surface area contributed by atoms with E-state index in [1.807, 2.05) is 35.8 Å². The molecule has 0 saturated heterocycles. The van der Waals surface area contributed by atoms with Crippen LogP contribution < -0.4 is 5.32 Å². The molecule has 1 aromatic heterocycles. The van der Waals surface area contributed by atoms with Gasteiger partial charge in [0, 0.05) is 16.6 Å². The van der Waals surface area contributed by atoms with Crippen molar-refractivity contribution in [2.45, 2.75) is 50.1 Å². The minimum absolute atomic E-state index is 0.0392. The van der Waals surface area contributed by atoms with E-state index in [9.17, 15) is 4.79 Å². The van der Waals surface area contributed by atoms with Gasteiger partial charge in [-0.2, -0.15) is 0 Å². The Morgan fingerprint density at radius 1 is 1.21 bits per heavy atom. The summed E-state index contributed by atoms with van der Waals surface area (Å²) in [6.45, 7) is 6.03. The van der Waals surface area contributed by atoms with Crippen molar-refractivity contribution in [1.82, 2.24) is 20.1 Å². The van der Waals surface area contributed by atoms with Crippen molar-refractivity contribution in [3.05, 3.63) is 58.6 Å². The van der Waals surface area contributed by atoms with E-state index in [-0.39, 0.29) is 11.2 Å². The van der Waals surface area contributed by atoms with Gasteiger partial charge in [0.1, 0.15) is 0 Å². The summed E-state index contributed by atoms with van der Waals surface area (Å²) in [5.41, 5.74) is 4.14. The summed E-state index contributed by atoms with van der Waals surface area (Å²) in [5, 5.41) is 13.0. The summed E-state index contributed by atoms with van der Waals surface area (Å²) in [4.78, 5) is 12.5. The van der Waals surface area contributed by atoms with Gasteiger partial charge in [-0.25, -0.2) is 0 Å². The second-order valence-electron chi connectivity index (χ2n) is 7.48. The summed E-state index contributed by atoms with van der Waals surface area (Å²) in [5.74, 6) is 0.746. The number of aromatic nitrogens is 3. The Hall–Kier alpha value is -2.31. The maximum absolute atomic E-state index is 12.5. The Labute approximate surface area is 179 Å². The fraction of sp³-hybridized carbons (Fsp3) is 0.318. The minimum Gasteiger partial charge on any atom is -0.352 e. The Morgan fingerprint density at radius 3 is 2.72 bits per heavy atom. The second kappa shape index (κ2) is 8.20. The minimum atomic E-state index is -0.268. The Balaban J connectivity index is 1.77. The number of thioether (sulfide) groups is 1. The lowest BCUT2D eigenvalue weighted by molar-refractivity contribution is -0.120. The molecule has 0 unspecified atom stereocenters. The van der Waals surface area contributed by atoms with Gasteiger partial charge in [0.15, 0.2) is 11.0 Å². The van der Waals surface area contributed by atoms with Gasteiger partial charge in [0.25, 0.3) is 0 Å². The highest BCUT2D eigenvalue weighted by molar-refractivity contribution is 8.00. The molecule has 1 atom stereocenters. The number of carbonyl (C=O) groups excluding carboxylic acids is 1. The van der Waals surface area contributed by atoms with Gasteiger partial charge in [-0.3, -0.25) is 9.36 Å². The number of rotatable bonds is 6. The lowest BCUT2D eigenvalue weighted by Gasteiger charge is -2.16. The van der Waals surface area contributed by atoms with Crippen molar-refractivity contribution in [1.29, 1.82) is 0 Å². The van der Waals surface area contributed by atoms with E-state index in [1.54, 1.807) is 0 Å². The van der Waals surface area contributed by atoms with E-state index in [2.05, 4.69) is 47.6 Å². The first kappa shape index (κ1) is 20.0. The Bertz CT molecular complexity index is 1060. The zero-order valence-corrected chi connectivity index (χ0v) is 18.2. The van der Waals surface area contributed by atoms with Crippen molar-refractivity contribution in [2.75, 3.05) is 0 Å². The standard InChI is InChI=1S/C22H23ClN4OS/c1-13-7-8-14(2)19(11-13)27-20(16-5-4-6-17(23)12-16)25-26-22(27)29-15(3)21(28)24-18-9-10-18/h4-8,11-12,15,18H,9-10H2,1-3H3,(H,24,28)/t15-/m0/s1. The Kier molecular flexibility index (Phi) is 5.65. The average molecular weight is 427 g/mol. The lowest BCUT2D eigenvalue weighted by Crippen LogP contribution is -2.32. The molecule has 1 aliphatic rings. The van der Waals surface area contributed by atoms with Crippen molar-refractivity contribution >= 4 is 29.3 Å². The number of hydrogen-bond donors (Lipinski definition) is 1. The van der Waals surface area contributed by atoms with Crippen molar-refractivity contribution < 1.29 is 4.79 Å². The van der Waals surface area contributed by atoms with E-state index >= 15 is 0 Å². The molecule has 0 bridgehead atoms. The van der Waals surface area contributed by atoms with Crippen LogP contribution in [0.15, 0.2) is 47.6 Å². The number of hydrogen-bond acceptors (Lipinski definition) is 4. The summed E-state index contributed by atoms with van der Waals surface area (Å²) in [6.07, 6.45) is 2.14. The fourth-order valence-electron chi connectivity index (χ4n) is 3.10. The normalized spacial score (nSPS) is 14.6. The van der Waals surface area contributed by atoms with Gasteiger partial charge in [-0.15, -0.1) is 10.2 Å². The highest BCUT2D eigenvalue weighted by Gasteiger charge is 2.28. The van der Waals surface area contributed by atoms with Crippen LogP contribution in [0.3, 0.4) is 0 Å². The maximum atomic E-state index is 12.5. The molecule has 150 valence electrons. The van der Waals surface area contributed by atoms with Crippen LogP contribution in [0.5, 0.6) is 0 Å². The fourth-order valence-corrected chi connectivity index (χ4v) is 4.16. The van der Waals surface area contributed by atoms with Crippen molar-refractivity contribution in [2.24, 2.45) is 0 Å². The van der Waals surface area contributed by atoms with Crippen LogP contribution in [0.4, 0.5) is 0 Å². The van der Waals surface area contributed by atoms with Crippen molar-refractivity contribution in [3.8, 4) is 17.1 Å². The molecule has 0 radical (unpaired) electrons. The van der Waals surface area contributed by atoms with Crippen LogP contribution in [0.2, 0.25) is 5.02 Å². The zero-order chi connectivity index (χ0) is 20.5. The SMILES string of the molecule is Cc1ccc(C)c(-n2c(S[C@@H](C)C(=O)NC3CC3)nnc2-c2cccc(Cl)c2)c1. The predicted molar refractivity (Wildman–Crippen MR) is 118 cm³/mol. The highest BCUT2D eigenvalue weighted by atomic mass is 35.5. The lowest BCUT2D eigenvalue weighted by atomic mass is 10.1. The smallest absolute Gasteiger partial charge is 0.233 e. The third-order valence-corrected chi connectivity index (χ3v) is 6.17. The summed E-state index contributed by atoms with van der Waals surface area (Å²) in [7, 11) is 0. The second-order valence-corrected chi connectivity index (χ2v) is 9.23. The molecule has 1 saturated carbocycles. The molecule has 0 aliphatic heterocycles. The predicted octanol–water partition coefficient (Wildman–Crippen LogP) is 4.96. The molecule has 3 aromatic rings. The third kappa shape index (κ3) is 4.49. The van der Waals surface area contributed by atoms with Gasteiger partial charge in [-0.05, 0) is 62.9 Å². The molecule has 2 aromatic carbocycles. The first-order valence-electron chi connectivity index (χ1n) is 9.68. The number of aryl methyl sites for hydroxylation is 2. The summed E-state index contributed by atoms with van der Waals surface area (Å²) >= 11 is 7.64. The van der Waals surface area contributed by atoms with E-state index in [0.717, 1.165) is 35.2 Å². The number of nitrogens with one attached hydrogen (secondary N) is 1. The van der Waals surface area contributed by atoms with E-state index in [1.165, 1.54) is 11.8 Å². The van der Waals surface area contributed by atoms with Crippen LogP contribution in [0, 0.1) is 13.8 Å². The van der Waals surface area contributed by atoms with Gasteiger partial charge in [-0.1, -0.05) is 47.6 Å². The molecule has 1 heterocycles. The topological polar surface area (TPSA) is 59.8 Å². The molecule has 1 fully saturated rings. The first-order chi connectivity index (χ1) is 13.9. The van der Waals surface area contributed by atoms with Crippen molar-refractivity contribution in [3.63, 3.8) is 0 Å². The number of carbonyl (C=O) groups is 1. The monoisotopic (exact) mass is 426 g/mol. The van der Waals surface area contributed by atoms with Crippen LogP contribution in [0.1, 0.15) is 30.9 Å². The molecule has 7 heteroatoms. The zero-order valence-electron chi connectivity index (χ0n) is 16.6. The number of amides is 1. The summed E-state index contributed by atoms with van der Waals surface area (Å²) < 4.78 is 2.03. The summed E-state index contributed by atoms with van der Waals surface area (Å²) in [6, 6.07) is 14.2. The molecule has 5 nitrogen and oxygen atoms in total.